The average Bonchev–Trinajstić information content (AvgIpc) is 2.67. The third-order valence-corrected chi connectivity index (χ3v) is 6.00. The first-order chi connectivity index (χ1) is 12.8. The van der Waals surface area contributed by atoms with Gasteiger partial charge in [0.05, 0.1) is 0 Å². The Balaban J connectivity index is 2.18. The van der Waals surface area contributed by atoms with Gasteiger partial charge in [-0.25, -0.2) is 0 Å². The predicted molar refractivity (Wildman–Crippen MR) is 118 cm³/mol. The largest absolute Gasteiger partial charge is 0.282 e. The van der Waals surface area contributed by atoms with Gasteiger partial charge in [-0.15, -0.1) is 0 Å². The summed E-state index contributed by atoms with van der Waals surface area (Å²) in [5.41, 5.74) is 5.10. The van der Waals surface area contributed by atoms with Gasteiger partial charge < -0.3 is 0 Å². The molecule has 0 unspecified atom stereocenters. The number of thioether (sulfide) groups is 2. The number of hydrogen-bond donors (Lipinski definition) is 0. The second-order valence-corrected chi connectivity index (χ2v) is 8.22. The van der Waals surface area contributed by atoms with E-state index in [0.29, 0.717) is 5.57 Å². The van der Waals surface area contributed by atoms with Crippen molar-refractivity contribution >= 4 is 44.9 Å². The van der Waals surface area contributed by atoms with Crippen LogP contribution in [0.2, 0.25) is 0 Å². The van der Waals surface area contributed by atoms with Crippen LogP contribution in [0, 0.1) is 0 Å². The highest BCUT2D eigenvalue weighted by Crippen LogP contribution is 2.29. The number of allylic oxidation sites excluding steroid dienone is 2. The number of carbonyl (C=O) groups excluding carboxylic acids is 2. The van der Waals surface area contributed by atoms with Crippen LogP contribution in [-0.4, -0.2) is 10.2 Å². The van der Waals surface area contributed by atoms with Gasteiger partial charge in [-0.1, -0.05) is 37.4 Å². The molecule has 0 aliphatic carbocycles. The summed E-state index contributed by atoms with van der Waals surface area (Å²) in [7, 11) is 0. The van der Waals surface area contributed by atoms with Crippen LogP contribution in [0.3, 0.4) is 0 Å². The minimum Gasteiger partial charge on any atom is -0.282 e. The van der Waals surface area contributed by atoms with Gasteiger partial charge in [-0.05, 0) is 102 Å². The molecule has 0 aliphatic rings. The Kier molecular flexibility index (Phi) is 7.45. The third kappa shape index (κ3) is 5.84. The number of carbonyl (C=O) groups is 2. The van der Waals surface area contributed by atoms with Crippen molar-refractivity contribution in [1.29, 1.82) is 0 Å². The maximum atomic E-state index is 11.8. The van der Waals surface area contributed by atoms with Crippen molar-refractivity contribution in [1.82, 2.24) is 0 Å². The lowest BCUT2D eigenvalue weighted by molar-refractivity contribution is -0.108. The fourth-order valence-electron chi connectivity index (χ4n) is 2.33. The van der Waals surface area contributed by atoms with E-state index in [2.05, 4.69) is 27.0 Å². The summed E-state index contributed by atoms with van der Waals surface area (Å²) in [6.45, 7) is 13.1. The molecule has 0 radical (unpaired) electrons. The van der Waals surface area contributed by atoms with Crippen LogP contribution in [0.4, 0.5) is 0 Å². The summed E-state index contributed by atoms with van der Waals surface area (Å²) in [6, 6.07) is 15.9. The molecule has 0 aliphatic heterocycles. The van der Waals surface area contributed by atoms with Crippen molar-refractivity contribution in [3.63, 3.8) is 0 Å². The maximum Gasteiger partial charge on any atom is 0.219 e. The van der Waals surface area contributed by atoms with E-state index < -0.39 is 0 Å². The predicted octanol–water partition coefficient (Wildman–Crippen LogP) is 6.64. The lowest BCUT2D eigenvalue weighted by Gasteiger charge is -2.10. The van der Waals surface area contributed by atoms with Gasteiger partial charge in [0.25, 0.3) is 0 Å². The zero-order valence-electron chi connectivity index (χ0n) is 15.7. The molecule has 0 heterocycles. The van der Waals surface area contributed by atoms with Crippen LogP contribution >= 0.6 is 23.5 Å². The van der Waals surface area contributed by atoms with Crippen molar-refractivity contribution in [3.8, 4) is 0 Å². The molecule has 0 saturated carbocycles. The molecule has 0 saturated heterocycles. The van der Waals surface area contributed by atoms with Crippen molar-refractivity contribution < 1.29 is 9.59 Å². The normalized spacial score (nSPS) is 11.5. The fourth-order valence-corrected chi connectivity index (χ4v) is 3.58. The topological polar surface area (TPSA) is 34.1 Å². The lowest BCUT2D eigenvalue weighted by Crippen LogP contribution is -1.91. The van der Waals surface area contributed by atoms with Crippen LogP contribution in [-0.2, 0) is 9.59 Å². The summed E-state index contributed by atoms with van der Waals surface area (Å²) >= 11 is 2.36. The molecular weight excluding hydrogens is 372 g/mol. The van der Waals surface area contributed by atoms with E-state index in [4.69, 9.17) is 0 Å². The van der Waals surface area contributed by atoms with E-state index >= 15 is 0 Å². The molecule has 2 aromatic rings. The molecule has 0 aromatic heterocycles. The molecule has 0 fully saturated rings. The van der Waals surface area contributed by atoms with Crippen molar-refractivity contribution in [2.75, 3.05) is 0 Å². The number of hydrogen-bond acceptors (Lipinski definition) is 4. The van der Waals surface area contributed by atoms with E-state index in [1.54, 1.807) is 6.92 Å². The average molecular weight is 395 g/mol. The summed E-state index contributed by atoms with van der Waals surface area (Å²) in [5, 5.41) is -0.0756. The van der Waals surface area contributed by atoms with Crippen LogP contribution in [0.25, 0.3) is 11.1 Å². The van der Waals surface area contributed by atoms with Gasteiger partial charge in [0, 0.05) is 9.79 Å². The maximum absolute atomic E-state index is 11.8. The second kappa shape index (κ2) is 9.58. The SMILES string of the molecule is C=CC(=O)Sc1ccc(/C(C)=C(\C)c2ccc(SC(=O)C(=C)C)cc2)cc1. The quantitative estimate of drug-likeness (QED) is 0.312. The Bertz CT molecular complexity index is 904. The van der Waals surface area contributed by atoms with E-state index in [9.17, 15) is 9.59 Å². The first-order valence-corrected chi connectivity index (χ1v) is 10.1. The zero-order chi connectivity index (χ0) is 20.0. The Morgan fingerprint density at radius 2 is 1.19 bits per heavy atom. The lowest BCUT2D eigenvalue weighted by atomic mass is 9.97. The van der Waals surface area contributed by atoms with Gasteiger partial charge in [0.1, 0.15) is 0 Å². The molecule has 0 amide bonds. The highest BCUT2D eigenvalue weighted by Gasteiger charge is 2.08. The Labute approximate surface area is 169 Å². The van der Waals surface area contributed by atoms with E-state index in [-0.39, 0.29) is 10.2 Å². The summed E-state index contributed by atoms with van der Waals surface area (Å²) in [5.74, 6) is 0. The molecule has 0 spiro atoms. The van der Waals surface area contributed by atoms with Crippen LogP contribution in [0.15, 0.2) is 83.1 Å². The molecule has 138 valence electrons. The summed E-state index contributed by atoms with van der Waals surface area (Å²) in [4.78, 5) is 25.0. The summed E-state index contributed by atoms with van der Waals surface area (Å²) < 4.78 is 0. The number of benzene rings is 2. The first-order valence-electron chi connectivity index (χ1n) is 8.42. The molecule has 0 N–H and O–H groups in total. The first kappa shape index (κ1) is 21.0. The van der Waals surface area contributed by atoms with Crippen molar-refractivity contribution in [2.45, 2.75) is 30.6 Å². The molecule has 27 heavy (non-hydrogen) atoms. The van der Waals surface area contributed by atoms with Crippen molar-refractivity contribution in [2.24, 2.45) is 0 Å². The van der Waals surface area contributed by atoms with Gasteiger partial charge in [-0.3, -0.25) is 9.59 Å². The van der Waals surface area contributed by atoms with E-state index in [0.717, 1.165) is 20.9 Å². The highest BCUT2D eigenvalue weighted by molar-refractivity contribution is 8.14. The minimum atomic E-state index is -0.0608. The number of rotatable bonds is 6. The molecule has 2 aromatic carbocycles. The Morgan fingerprint density at radius 1 is 0.778 bits per heavy atom. The Morgan fingerprint density at radius 3 is 1.56 bits per heavy atom. The van der Waals surface area contributed by atoms with E-state index in [1.165, 1.54) is 40.7 Å². The van der Waals surface area contributed by atoms with Crippen LogP contribution < -0.4 is 0 Å². The van der Waals surface area contributed by atoms with Gasteiger partial charge in [0.2, 0.25) is 10.2 Å². The molecule has 0 bridgehead atoms. The molecule has 2 rings (SSSR count). The van der Waals surface area contributed by atoms with Crippen LogP contribution in [0.1, 0.15) is 31.9 Å². The smallest absolute Gasteiger partial charge is 0.219 e. The third-order valence-electron chi connectivity index (χ3n) is 4.08. The minimum absolute atomic E-state index is 0.0147. The second-order valence-electron chi connectivity index (χ2n) is 6.09. The van der Waals surface area contributed by atoms with Crippen molar-refractivity contribution in [3.05, 3.63) is 84.5 Å². The monoisotopic (exact) mass is 394 g/mol. The van der Waals surface area contributed by atoms with Gasteiger partial charge in [0.15, 0.2) is 0 Å². The molecule has 4 heteroatoms. The summed E-state index contributed by atoms with van der Waals surface area (Å²) in [6.07, 6.45) is 1.32. The van der Waals surface area contributed by atoms with Gasteiger partial charge >= 0.3 is 0 Å². The highest BCUT2D eigenvalue weighted by atomic mass is 32.2. The zero-order valence-corrected chi connectivity index (χ0v) is 17.4. The van der Waals surface area contributed by atoms with Crippen LogP contribution in [0.5, 0.6) is 0 Å². The van der Waals surface area contributed by atoms with Gasteiger partial charge in [-0.2, -0.15) is 0 Å². The Hall–Kier alpha value is -2.30. The van der Waals surface area contributed by atoms with E-state index in [1.807, 2.05) is 48.5 Å². The molecule has 0 atom stereocenters. The molecule has 2 nitrogen and oxygen atoms in total. The molecular formula is C23H22O2S2. The standard InChI is InChI=1S/C23H22O2S2/c1-6-22(24)26-20-11-7-18(8-12-20)16(4)17(5)19-9-13-21(14-10-19)27-23(25)15(2)3/h6-14H,1-2H2,3-5H3/b17-16+. The fraction of sp³-hybridized carbons (Fsp3) is 0.130.